The molecule has 0 aromatic heterocycles. The summed E-state index contributed by atoms with van der Waals surface area (Å²) < 4.78 is 0. The van der Waals surface area contributed by atoms with E-state index in [1.807, 2.05) is 0 Å². The van der Waals surface area contributed by atoms with Crippen molar-refractivity contribution in [3.63, 3.8) is 0 Å². The number of carbonyl (C=O) groups is 1. The van der Waals surface area contributed by atoms with Crippen molar-refractivity contribution >= 4 is 11.7 Å². The number of hydrogen-bond donors (Lipinski definition) is 2. The van der Waals surface area contributed by atoms with Gasteiger partial charge in [0, 0.05) is 18.7 Å². The predicted molar refractivity (Wildman–Crippen MR) is 70.7 cm³/mol. The summed E-state index contributed by atoms with van der Waals surface area (Å²) in [4.78, 5) is 10.4. The van der Waals surface area contributed by atoms with Crippen molar-refractivity contribution in [2.24, 2.45) is 0 Å². The number of nitrogens with one attached hydrogen (secondary N) is 1. The Hall–Kier alpha value is -1.51. The first-order chi connectivity index (χ1) is 7.93. The van der Waals surface area contributed by atoms with Gasteiger partial charge in [-0.05, 0) is 56.4 Å². The number of aliphatic carboxylic acids is 1. The summed E-state index contributed by atoms with van der Waals surface area (Å²) in [5.41, 5.74) is 6.21. The number of rotatable bonds is 5. The Morgan fingerprint density at radius 2 is 1.71 bits per heavy atom. The van der Waals surface area contributed by atoms with Gasteiger partial charge in [0.05, 0.1) is 0 Å². The third-order valence-corrected chi connectivity index (χ3v) is 3.24. The van der Waals surface area contributed by atoms with Crippen LogP contribution >= 0.6 is 0 Å². The van der Waals surface area contributed by atoms with Crippen molar-refractivity contribution in [3.05, 3.63) is 28.3 Å². The summed E-state index contributed by atoms with van der Waals surface area (Å²) in [5, 5.41) is 11.9. The molecule has 0 atom stereocenters. The molecule has 0 aliphatic heterocycles. The third-order valence-electron chi connectivity index (χ3n) is 3.24. The SMILES string of the molecule is Cc1cc(C)c(C)c(NCCCC(=O)O)c1C. The molecule has 0 saturated carbocycles. The van der Waals surface area contributed by atoms with Crippen LogP contribution in [0.3, 0.4) is 0 Å². The fourth-order valence-corrected chi connectivity index (χ4v) is 1.94. The van der Waals surface area contributed by atoms with Gasteiger partial charge in [0.1, 0.15) is 0 Å². The molecule has 0 heterocycles. The molecule has 1 aromatic carbocycles. The molecule has 3 heteroatoms. The Bertz CT molecular complexity index is 398. The van der Waals surface area contributed by atoms with Gasteiger partial charge in [0.25, 0.3) is 0 Å². The number of carboxylic acids is 1. The van der Waals surface area contributed by atoms with E-state index in [0.29, 0.717) is 13.0 Å². The molecule has 94 valence electrons. The average Bonchev–Trinajstić information content (AvgIpc) is 2.25. The highest BCUT2D eigenvalue weighted by Crippen LogP contribution is 2.26. The molecule has 0 aliphatic carbocycles. The smallest absolute Gasteiger partial charge is 0.303 e. The van der Waals surface area contributed by atoms with E-state index in [2.05, 4.69) is 39.1 Å². The first kappa shape index (κ1) is 13.6. The van der Waals surface area contributed by atoms with Crippen LogP contribution in [-0.4, -0.2) is 17.6 Å². The summed E-state index contributed by atoms with van der Waals surface area (Å²) in [6, 6.07) is 2.19. The van der Waals surface area contributed by atoms with E-state index < -0.39 is 5.97 Å². The number of benzene rings is 1. The molecule has 0 saturated heterocycles. The second kappa shape index (κ2) is 5.71. The van der Waals surface area contributed by atoms with Crippen LogP contribution in [0.5, 0.6) is 0 Å². The molecule has 17 heavy (non-hydrogen) atoms. The zero-order chi connectivity index (χ0) is 13.0. The van der Waals surface area contributed by atoms with Crippen LogP contribution in [0.15, 0.2) is 6.07 Å². The second-order valence-electron chi connectivity index (χ2n) is 4.56. The Morgan fingerprint density at radius 1 is 1.18 bits per heavy atom. The number of hydrogen-bond acceptors (Lipinski definition) is 2. The standard InChI is InChI=1S/C14H21NO2/c1-9-8-10(2)12(4)14(11(9)3)15-7-5-6-13(16)17/h8,15H,5-7H2,1-4H3,(H,16,17). The second-order valence-corrected chi connectivity index (χ2v) is 4.56. The molecule has 0 spiro atoms. The van der Waals surface area contributed by atoms with E-state index in [0.717, 1.165) is 5.69 Å². The van der Waals surface area contributed by atoms with Crippen LogP contribution in [0.1, 0.15) is 35.1 Å². The molecular formula is C14H21NO2. The van der Waals surface area contributed by atoms with Gasteiger partial charge in [-0.15, -0.1) is 0 Å². The summed E-state index contributed by atoms with van der Waals surface area (Å²) in [5.74, 6) is -0.735. The lowest BCUT2D eigenvalue weighted by atomic mass is 9.98. The molecule has 0 radical (unpaired) electrons. The van der Waals surface area contributed by atoms with Crippen LogP contribution in [0.25, 0.3) is 0 Å². The van der Waals surface area contributed by atoms with Crippen molar-refractivity contribution in [2.45, 2.75) is 40.5 Å². The Morgan fingerprint density at radius 3 is 2.18 bits per heavy atom. The van der Waals surface area contributed by atoms with Crippen molar-refractivity contribution < 1.29 is 9.90 Å². The van der Waals surface area contributed by atoms with Crippen molar-refractivity contribution in [3.8, 4) is 0 Å². The van der Waals surface area contributed by atoms with Crippen LogP contribution in [0.4, 0.5) is 5.69 Å². The first-order valence-electron chi connectivity index (χ1n) is 5.96. The summed E-state index contributed by atoms with van der Waals surface area (Å²) >= 11 is 0. The highest BCUT2D eigenvalue weighted by atomic mass is 16.4. The van der Waals surface area contributed by atoms with Gasteiger partial charge in [-0.1, -0.05) is 6.07 Å². The molecule has 1 rings (SSSR count). The van der Waals surface area contributed by atoms with Crippen molar-refractivity contribution in [1.29, 1.82) is 0 Å². The fourth-order valence-electron chi connectivity index (χ4n) is 1.94. The minimum absolute atomic E-state index is 0.218. The van der Waals surface area contributed by atoms with E-state index in [-0.39, 0.29) is 6.42 Å². The van der Waals surface area contributed by atoms with Crippen molar-refractivity contribution in [1.82, 2.24) is 0 Å². The van der Waals surface area contributed by atoms with Gasteiger partial charge in [-0.3, -0.25) is 4.79 Å². The maximum absolute atomic E-state index is 10.4. The van der Waals surface area contributed by atoms with Gasteiger partial charge >= 0.3 is 5.97 Å². The lowest BCUT2D eigenvalue weighted by molar-refractivity contribution is -0.137. The zero-order valence-electron chi connectivity index (χ0n) is 11.1. The maximum Gasteiger partial charge on any atom is 0.303 e. The predicted octanol–water partition coefficient (Wildman–Crippen LogP) is 3.20. The van der Waals surface area contributed by atoms with E-state index in [4.69, 9.17) is 5.11 Å². The fraction of sp³-hybridized carbons (Fsp3) is 0.500. The van der Waals surface area contributed by atoms with E-state index in [1.165, 1.54) is 22.3 Å². The van der Waals surface area contributed by atoms with Crippen LogP contribution in [-0.2, 0) is 4.79 Å². The first-order valence-corrected chi connectivity index (χ1v) is 5.96. The lowest BCUT2D eigenvalue weighted by Gasteiger charge is -2.16. The van der Waals surface area contributed by atoms with E-state index >= 15 is 0 Å². The lowest BCUT2D eigenvalue weighted by Crippen LogP contribution is -2.08. The van der Waals surface area contributed by atoms with Gasteiger partial charge in [0.2, 0.25) is 0 Å². The zero-order valence-corrected chi connectivity index (χ0v) is 11.1. The molecule has 1 aromatic rings. The molecular weight excluding hydrogens is 214 g/mol. The van der Waals surface area contributed by atoms with Crippen LogP contribution < -0.4 is 5.32 Å². The maximum atomic E-state index is 10.4. The van der Waals surface area contributed by atoms with Crippen LogP contribution in [0.2, 0.25) is 0 Å². The molecule has 0 aliphatic rings. The monoisotopic (exact) mass is 235 g/mol. The third kappa shape index (κ3) is 3.48. The Labute approximate surface area is 103 Å². The van der Waals surface area contributed by atoms with Crippen molar-refractivity contribution in [2.75, 3.05) is 11.9 Å². The minimum atomic E-state index is -0.735. The van der Waals surface area contributed by atoms with E-state index in [1.54, 1.807) is 0 Å². The Kier molecular flexibility index (Phi) is 4.55. The summed E-state index contributed by atoms with van der Waals surface area (Å²) in [6.07, 6.45) is 0.872. The molecule has 0 unspecified atom stereocenters. The quantitative estimate of drug-likeness (QED) is 0.770. The summed E-state index contributed by atoms with van der Waals surface area (Å²) in [7, 11) is 0. The largest absolute Gasteiger partial charge is 0.481 e. The highest BCUT2D eigenvalue weighted by molar-refractivity contribution is 5.67. The average molecular weight is 235 g/mol. The molecule has 3 nitrogen and oxygen atoms in total. The molecule has 2 N–H and O–H groups in total. The molecule has 0 bridgehead atoms. The van der Waals surface area contributed by atoms with Gasteiger partial charge < -0.3 is 10.4 Å². The minimum Gasteiger partial charge on any atom is -0.481 e. The molecule has 0 fully saturated rings. The topological polar surface area (TPSA) is 49.3 Å². The van der Waals surface area contributed by atoms with Gasteiger partial charge in [-0.2, -0.15) is 0 Å². The Balaban J connectivity index is 2.73. The number of aryl methyl sites for hydroxylation is 2. The number of carboxylic acid groups (broad SMARTS) is 1. The van der Waals surface area contributed by atoms with Gasteiger partial charge in [-0.25, -0.2) is 0 Å². The van der Waals surface area contributed by atoms with Crippen LogP contribution in [0, 0.1) is 27.7 Å². The number of anilines is 1. The summed E-state index contributed by atoms with van der Waals surface area (Å²) in [6.45, 7) is 9.11. The van der Waals surface area contributed by atoms with E-state index in [9.17, 15) is 4.79 Å². The molecule has 0 amide bonds. The van der Waals surface area contributed by atoms with Gasteiger partial charge in [0.15, 0.2) is 0 Å². The normalized spacial score (nSPS) is 10.4. The highest BCUT2D eigenvalue weighted by Gasteiger charge is 2.07.